The van der Waals surface area contributed by atoms with E-state index in [2.05, 4.69) is 120 Å². The fourth-order valence-corrected chi connectivity index (χ4v) is 14.5. The van der Waals surface area contributed by atoms with Gasteiger partial charge in [0.05, 0.1) is 0 Å². The van der Waals surface area contributed by atoms with Crippen LogP contribution in [0.15, 0.2) is 25.0 Å². The third kappa shape index (κ3) is 63.2. The molecule has 4 fully saturated rings. The summed E-state index contributed by atoms with van der Waals surface area (Å²) in [5, 5.41) is 9.32. The first-order valence-electron chi connectivity index (χ1n) is 43.9. The summed E-state index contributed by atoms with van der Waals surface area (Å²) in [5.41, 5.74) is 93.6. The number of nitrogens with one attached hydrogen (secondary N) is 4. The van der Waals surface area contributed by atoms with Crippen LogP contribution in [0, 0.1) is 5.92 Å². The van der Waals surface area contributed by atoms with Gasteiger partial charge in [-0.15, -0.1) is 149 Å². The van der Waals surface area contributed by atoms with Crippen molar-refractivity contribution in [3.05, 3.63) is 43.4 Å². The van der Waals surface area contributed by atoms with Crippen LogP contribution in [0.1, 0.15) is 190 Å². The first-order chi connectivity index (χ1) is 61.7. The van der Waals surface area contributed by atoms with Crippen molar-refractivity contribution in [1.82, 2.24) is 95.4 Å². The van der Waals surface area contributed by atoms with Crippen LogP contribution in [0.2, 0.25) is 20.6 Å². The highest BCUT2D eigenvalue weighted by Crippen LogP contribution is 2.25. The van der Waals surface area contributed by atoms with Gasteiger partial charge in [0.15, 0.2) is 120 Å². The molecule has 4 aromatic heterocycles. The number of halogens is 16. The summed E-state index contributed by atoms with van der Waals surface area (Å²) in [4.78, 5) is 139. The van der Waals surface area contributed by atoms with Crippen molar-refractivity contribution >= 4 is 307 Å². The van der Waals surface area contributed by atoms with Crippen molar-refractivity contribution in [2.24, 2.45) is 82.5 Å². The van der Waals surface area contributed by atoms with Gasteiger partial charge in [0.25, 0.3) is 23.6 Å². The standard InChI is InChI=1S/C20H37ClN12O.C20H34ClN9O2.C19H33ClN10O2.C19H35ClN10O.12ClH/c21-15-17(23)30-16(22)14(29-15)18(34)31-20(26)28-7-3-5-9-33-12-10-32(11-13-33)8-4-1-2-6-27-19(24)25;21-16-18(24)28-17(23)15(27-16)19(32)29-20(25)26-9-3-1-5-13-7-11-30(12-8-13)10-4-2-6-14(22)31;20-15-17(23)27-16(22)14(26-15)18(32)28-19(24)25-6-2-4-8-30-11-9-29(10-12-30)7-3-1-5-13(21)31;20-15-17(23)27-16(22)14(26-15)18(31)28-19(24)25-7-3-5-9-30-12-10-29(11-13-30)8-4-1-2-6-21;;;;;;;;;;;;/h1-13H2,(H4,22,23,30)(H4,24,25,27)(H3,26,28,31,34);13H,1-12H2,(H2,22,31)(H4,23,24,28)(H3,25,26,29,32);1-12H2,(H2,21,31)(H4,22,23,27)(H3,24,25,28,32);1-13,21H2,(H4,22,23,27)(H3,24,25,28,31);12*1H. The van der Waals surface area contributed by atoms with Gasteiger partial charge in [-0.3, -0.25) is 75.0 Å². The average Bonchev–Trinajstić information content (AvgIpc) is 0.846. The lowest BCUT2D eigenvalue weighted by atomic mass is 9.91. The summed E-state index contributed by atoms with van der Waals surface area (Å²) in [6.07, 6.45) is 22.7. The molecular weight excluding hydrogens is 2170 g/mol. The Labute approximate surface area is 920 Å². The molecule has 0 spiro atoms. The normalized spacial score (nSPS) is 14.2. The SMILES string of the molecule is Cl.Cl.Cl.Cl.Cl.Cl.Cl.Cl.Cl.Cl.Cl.Cl.NC(=O)CCCCN1CCC(CCCCN=C(N)NC(=O)c2nc(Cl)c(N)nc2N)CC1.NC(=O)CCCCN1CCN(CCCCN=C(N)NC(=O)c2nc(Cl)c(N)nc2N)CC1.NC(N)=NCCCCCN1CCN(CCCCN=C(N)NC(=O)c2nc(Cl)c(N)nc2N)CC1.NCCCCCN1CCN(CCCCN=C(N)NC(=O)c2nc(Cl)c(N)nc2N)CC1. The number of primary amides is 2. The zero-order valence-corrected chi connectivity index (χ0v) is 91.9. The summed E-state index contributed by atoms with van der Waals surface area (Å²) in [6.45, 7) is 26.1. The highest BCUT2D eigenvalue weighted by atomic mass is 35.5. The van der Waals surface area contributed by atoms with Crippen molar-refractivity contribution in [3.8, 4) is 0 Å². The molecular formula is C78H151Cl16N41O6. The van der Waals surface area contributed by atoms with Gasteiger partial charge in [0.1, 0.15) is 0 Å². The molecule has 0 unspecified atom stereocenters. The maximum absolute atomic E-state index is 12.2. The molecule has 4 aromatic rings. The molecule has 0 saturated carbocycles. The number of nitrogens with two attached hydrogens (primary N) is 17. The molecule has 6 amide bonds. The number of aliphatic imine (C=N–C) groups is 5. The van der Waals surface area contributed by atoms with Gasteiger partial charge >= 0.3 is 0 Å². The second kappa shape index (κ2) is 85.1. The molecule has 4 aliphatic rings. The van der Waals surface area contributed by atoms with Gasteiger partial charge in [0, 0.05) is 124 Å². The van der Waals surface area contributed by atoms with Crippen molar-refractivity contribution in [2.45, 2.75) is 148 Å². The second-order valence-electron chi connectivity index (χ2n) is 31.4. The minimum atomic E-state index is -0.648. The van der Waals surface area contributed by atoms with E-state index in [0.29, 0.717) is 45.6 Å². The number of aromatic nitrogens is 8. The van der Waals surface area contributed by atoms with Crippen molar-refractivity contribution in [3.63, 3.8) is 0 Å². The molecule has 63 heteroatoms. The number of likely N-dealkylation sites (tertiary alicyclic amines) is 1. The van der Waals surface area contributed by atoms with E-state index in [9.17, 15) is 28.8 Å². The third-order valence-electron chi connectivity index (χ3n) is 21.2. The Balaban J connectivity index is -0.000000271. The maximum atomic E-state index is 12.2. The summed E-state index contributed by atoms with van der Waals surface area (Å²) in [6, 6.07) is 0. The number of nitrogens with zero attached hydrogens (tertiary/aromatic N) is 20. The molecule has 0 aromatic carbocycles. The predicted octanol–water partition coefficient (Wildman–Crippen LogP) is 4.38. The number of piperazine rings is 3. The Morgan fingerprint density at radius 3 is 0.709 bits per heavy atom. The van der Waals surface area contributed by atoms with Crippen LogP contribution in [0.3, 0.4) is 0 Å². The molecule has 0 atom stereocenters. The summed E-state index contributed by atoms with van der Waals surface area (Å²) in [5.74, 6) is -2.84. The van der Waals surface area contributed by atoms with E-state index in [4.69, 9.17) is 144 Å². The quantitative estimate of drug-likeness (QED) is 0.0166. The molecule has 141 heavy (non-hydrogen) atoms. The highest BCUT2D eigenvalue weighted by Gasteiger charge is 2.25. The molecule has 8 heterocycles. The predicted molar refractivity (Wildman–Crippen MR) is 599 cm³/mol. The van der Waals surface area contributed by atoms with Gasteiger partial charge < -0.3 is 132 Å². The Bertz CT molecular complexity index is 4180. The van der Waals surface area contributed by atoms with Crippen molar-refractivity contribution in [1.29, 1.82) is 0 Å². The van der Waals surface area contributed by atoms with Crippen LogP contribution in [0.4, 0.5) is 46.5 Å². The molecule has 0 aliphatic carbocycles. The molecule has 47 nitrogen and oxygen atoms in total. The number of piperidine rings is 1. The molecule has 8 rings (SSSR count). The van der Waals surface area contributed by atoms with Gasteiger partial charge in [-0.25, -0.2) is 39.9 Å². The number of guanidine groups is 5. The van der Waals surface area contributed by atoms with Crippen LogP contribution in [0.25, 0.3) is 0 Å². The molecule has 0 radical (unpaired) electrons. The molecule has 4 saturated heterocycles. The number of unbranched alkanes of at least 4 members (excludes halogenated alkanes) is 10. The number of hydrogen-bond acceptors (Lipinski definition) is 35. The fraction of sp³-hybridized carbons (Fsp3) is 0.654. The minimum absolute atomic E-state index is 0. The molecule has 4 aliphatic heterocycles. The van der Waals surface area contributed by atoms with Crippen molar-refractivity contribution in [2.75, 3.05) is 223 Å². The van der Waals surface area contributed by atoms with Crippen LogP contribution in [-0.4, -0.2) is 316 Å². The first kappa shape index (κ1) is 149. The first-order valence-corrected chi connectivity index (χ1v) is 45.4. The number of carbonyl (C=O) groups is 6. The number of rotatable bonds is 45. The van der Waals surface area contributed by atoms with Gasteiger partial charge in [-0.05, 0) is 181 Å². The van der Waals surface area contributed by atoms with Crippen LogP contribution < -0.4 is 119 Å². The topological polar surface area (TPSA) is 780 Å². The number of anilines is 8. The van der Waals surface area contributed by atoms with E-state index in [1.165, 1.54) is 38.6 Å². The molecule has 816 valence electrons. The maximum Gasteiger partial charge on any atom is 0.280 e. The zero-order chi connectivity index (χ0) is 94.6. The fourth-order valence-electron chi connectivity index (χ4n) is 13.9. The number of carbonyl (C=O) groups excluding carboxylic acids is 6. The average molecular weight is 2330 g/mol. The largest absolute Gasteiger partial charge is 0.382 e. The number of amides is 6. The number of hydrogen-bond donors (Lipinski definition) is 21. The van der Waals surface area contributed by atoms with Gasteiger partial charge in [0.2, 0.25) is 11.8 Å². The molecule has 0 bridgehead atoms. The van der Waals surface area contributed by atoms with E-state index in [1.807, 2.05) is 0 Å². The Morgan fingerprint density at radius 1 is 0.270 bits per heavy atom. The highest BCUT2D eigenvalue weighted by molar-refractivity contribution is 6.33. The van der Waals surface area contributed by atoms with E-state index >= 15 is 0 Å². The van der Waals surface area contributed by atoms with Crippen LogP contribution in [-0.2, 0) is 9.59 Å². The number of nitrogen functional groups attached to an aromatic ring is 8. The van der Waals surface area contributed by atoms with E-state index in [1.54, 1.807) is 0 Å². The second-order valence-corrected chi connectivity index (χ2v) is 32.9. The summed E-state index contributed by atoms with van der Waals surface area (Å²) < 4.78 is 0. The van der Waals surface area contributed by atoms with Crippen LogP contribution >= 0.6 is 195 Å². The van der Waals surface area contributed by atoms with Crippen molar-refractivity contribution < 1.29 is 28.8 Å². The van der Waals surface area contributed by atoms with Gasteiger partial charge in [-0.2, -0.15) is 0 Å². The Hall–Kier alpha value is -6.99. The zero-order valence-electron chi connectivity index (χ0n) is 79.1. The minimum Gasteiger partial charge on any atom is -0.382 e. The lowest BCUT2D eigenvalue weighted by molar-refractivity contribution is -0.119. The summed E-state index contributed by atoms with van der Waals surface area (Å²) >= 11 is 23.1. The molecule has 38 N–H and O–H groups in total. The van der Waals surface area contributed by atoms with Gasteiger partial charge in [-0.1, -0.05) is 72.1 Å². The lowest BCUT2D eigenvalue weighted by Gasteiger charge is -2.34. The van der Waals surface area contributed by atoms with Crippen LogP contribution in [0.5, 0.6) is 0 Å². The van der Waals surface area contributed by atoms with E-state index in [0.717, 1.165) is 246 Å². The third-order valence-corrected chi connectivity index (χ3v) is 22.4. The smallest absolute Gasteiger partial charge is 0.280 e. The Kier molecular flexibility index (Phi) is 90.1. The van der Waals surface area contributed by atoms with E-state index < -0.39 is 23.6 Å². The van der Waals surface area contributed by atoms with E-state index in [-0.39, 0.29) is 280 Å². The summed E-state index contributed by atoms with van der Waals surface area (Å²) in [7, 11) is 0. The lowest BCUT2D eigenvalue weighted by Crippen LogP contribution is -2.46. The Morgan fingerprint density at radius 2 is 0.475 bits per heavy atom. The monoisotopic (exact) mass is 2320 g/mol.